The van der Waals surface area contributed by atoms with Crippen molar-refractivity contribution in [1.29, 1.82) is 0 Å². The second kappa shape index (κ2) is 8.68. The number of benzene rings is 1. The van der Waals surface area contributed by atoms with Crippen molar-refractivity contribution in [3.63, 3.8) is 0 Å². The lowest BCUT2D eigenvalue weighted by Gasteiger charge is -2.37. The fraction of sp³-hybridized carbons (Fsp3) is 0.650. The number of ether oxygens (including phenoxy) is 2. The molecule has 0 aromatic heterocycles. The van der Waals surface area contributed by atoms with Crippen LogP contribution in [0.15, 0.2) is 24.3 Å². The van der Waals surface area contributed by atoms with Crippen LogP contribution in [-0.4, -0.2) is 54.4 Å². The first-order valence-corrected chi connectivity index (χ1v) is 9.46. The third-order valence-electron chi connectivity index (χ3n) is 5.20. The summed E-state index contributed by atoms with van der Waals surface area (Å²) in [6, 6.07) is 7.89. The summed E-state index contributed by atoms with van der Waals surface area (Å²) in [6.07, 6.45) is 3.60. The summed E-state index contributed by atoms with van der Waals surface area (Å²) in [5.74, 6) is 0.994. The molecule has 0 radical (unpaired) electrons. The Morgan fingerprint density at radius 1 is 1.40 bits per heavy atom. The maximum absolute atomic E-state index is 12.9. The van der Waals surface area contributed by atoms with Gasteiger partial charge in [0.15, 0.2) is 0 Å². The summed E-state index contributed by atoms with van der Waals surface area (Å²) >= 11 is 0. The highest BCUT2D eigenvalue weighted by Crippen LogP contribution is 2.30. The highest BCUT2D eigenvalue weighted by molar-refractivity contribution is 5.79. The lowest BCUT2D eigenvalue weighted by atomic mass is 9.89. The fourth-order valence-electron chi connectivity index (χ4n) is 3.90. The predicted octanol–water partition coefficient (Wildman–Crippen LogP) is 2.41. The molecule has 0 bridgehead atoms. The SMILES string of the molecule is CCCOc1cccc(CC(=O)N2CCCC2C2COCCC2O)c1. The van der Waals surface area contributed by atoms with E-state index in [4.69, 9.17) is 9.47 Å². The maximum atomic E-state index is 12.9. The molecule has 3 atom stereocenters. The number of aliphatic hydroxyl groups excluding tert-OH is 1. The van der Waals surface area contributed by atoms with E-state index in [1.807, 2.05) is 29.2 Å². The van der Waals surface area contributed by atoms with Gasteiger partial charge in [-0.2, -0.15) is 0 Å². The monoisotopic (exact) mass is 347 g/mol. The number of carbonyl (C=O) groups excluding carboxylic acids is 1. The van der Waals surface area contributed by atoms with Crippen molar-refractivity contribution in [2.75, 3.05) is 26.4 Å². The molecule has 2 heterocycles. The number of rotatable bonds is 6. The van der Waals surface area contributed by atoms with Gasteiger partial charge in [0.25, 0.3) is 0 Å². The lowest BCUT2D eigenvalue weighted by Crippen LogP contribution is -2.48. The minimum absolute atomic E-state index is 0.0411. The Labute approximate surface area is 149 Å². The zero-order valence-electron chi connectivity index (χ0n) is 15.0. The summed E-state index contributed by atoms with van der Waals surface area (Å²) in [4.78, 5) is 14.8. The first kappa shape index (κ1) is 18.2. The van der Waals surface area contributed by atoms with Crippen LogP contribution in [0.3, 0.4) is 0 Å². The number of hydrogen-bond acceptors (Lipinski definition) is 4. The van der Waals surface area contributed by atoms with E-state index in [1.165, 1.54) is 0 Å². The van der Waals surface area contributed by atoms with E-state index in [9.17, 15) is 9.90 Å². The summed E-state index contributed by atoms with van der Waals surface area (Å²) in [5.41, 5.74) is 0.977. The molecule has 5 nitrogen and oxygen atoms in total. The Kier molecular flexibility index (Phi) is 6.32. The Morgan fingerprint density at radius 2 is 2.28 bits per heavy atom. The van der Waals surface area contributed by atoms with Crippen molar-refractivity contribution in [3.05, 3.63) is 29.8 Å². The molecule has 0 saturated carbocycles. The van der Waals surface area contributed by atoms with Gasteiger partial charge in [-0.3, -0.25) is 4.79 Å². The molecule has 138 valence electrons. The molecule has 3 rings (SSSR count). The van der Waals surface area contributed by atoms with Crippen molar-refractivity contribution < 1.29 is 19.4 Å². The Bertz CT molecular complexity index is 577. The van der Waals surface area contributed by atoms with Gasteiger partial charge in [-0.1, -0.05) is 19.1 Å². The standard InChI is InChI=1S/C20H29NO4/c1-2-10-25-16-6-3-5-15(12-16)13-20(23)21-9-4-7-18(21)17-14-24-11-8-19(17)22/h3,5-6,12,17-19,22H,2,4,7-11,13-14H2,1H3. The van der Waals surface area contributed by atoms with Crippen molar-refractivity contribution in [2.24, 2.45) is 5.92 Å². The second-order valence-electron chi connectivity index (χ2n) is 7.06. The van der Waals surface area contributed by atoms with Gasteiger partial charge in [-0.05, 0) is 43.4 Å². The Morgan fingerprint density at radius 3 is 3.08 bits per heavy atom. The van der Waals surface area contributed by atoms with Gasteiger partial charge >= 0.3 is 0 Å². The number of hydrogen-bond donors (Lipinski definition) is 1. The van der Waals surface area contributed by atoms with Crippen LogP contribution in [0.2, 0.25) is 0 Å². The predicted molar refractivity (Wildman–Crippen MR) is 95.6 cm³/mol. The second-order valence-corrected chi connectivity index (χ2v) is 7.06. The number of aliphatic hydroxyl groups is 1. The maximum Gasteiger partial charge on any atom is 0.227 e. The molecule has 3 unspecified atom stereocenters. The summed E-state index contributed by atoms with van der Waals surface area (Å²) in [6.45, 7) is 4.70. The first-order chi connectivity index (χ1) is 12.2. The molecular formula is C20H29NO4. The van der Waals surface area contributed by atoms with E-state index in [0.717, 1.165) is 37.1 Å². The topological polar surface area (TPSA) is 59.0 Å². The van der Waals surface area contributed by atoms with Crippen LogP contribution in [0, 0.1) is 5.92 Å². The highest BCUT2D eigenvalue weighted by Gasteiger charge is 2.39. The minimum atomic E-state index is -0.363. The van der Waals surface area contributed by atoms with E-state index in [2.05, 4.69) is 6.92 Å². The molecule has 2 fully saturated rings. The minimum Gasteiger partial charge on any atom is -0.494 e. The van der Waals surface area contributed by atoms with Gasteiger partial charge in [0.2, 0.25) is 5.91 Å². The van der Waals surface area contributed by atoms with Gasteiger partial charge in [0, 0.05) is 25.1 Å². The van der Waals surface area contributed by atoms with Crippen molar-refractivity contribution >= 4 is 5.91 Å². The van der Waals surface area contributed by atoms with Crippen LogP contribution in [-0.2, 0) is 16.0 Å². The normalized spacial score (nSPS) is 26.6. The molecule has 1 N–H and O–H groups in total. The Hall–Kier alpha value is -1.59. The third kappa shape index (κ3) is 4.53. The Balaban J connectivity index is 1.63. The highest BCUT2D eigenvalue weighted by atomic mass is 16.5. The third-order valence-corrected chi connectivity index (χ3v) is 5.20. The van der Waals surface area contributed by atoms with Gasteiger partial charge in [0.1, 0.15) is 5.75 Å². The molecular weight excluding hydrogens is 318 g/mol. The molecule has 1 aromatic carbocycles. The zero-order chi connectivity index (χ0) is 17.6. The van der Waals surface area contributed by atoms with Crippen molar-refractivity contribution in [1.82, 2.24) is 4.90 Å². The molecule has 2 aliphatic rings. The van der Waals surface area contributed by atoms with Crippen LogP contribution in [0.25, 0.3) is 0 Å². The number of carbonyl (C=O) groups is 1. The zero-order valence-corrected chi connectivity index (χ0v) is 15.0. The molecule has 1 aromatic rings. The van der Waals surface area contributed by atoms with Crippen LogP contribution in [0.4, 0.5) is 0 Å². The summed E-state index contributed by atoms with van der Waals surface area (Å²) in [5, 5.41) is 10.3. The van der Waals surface area contributed by atoms with Crippen LogP contribution in [0.1, 0.15) is 38.2 Å². The molecule has 0 aliphatic carbocycles. The van der Waals surface area contributed by atoms with Crippen LogP contribution < -0.4 is 4.74 Å². The molecule has 5 heteroatoms. The van der Waals surface area contributed by atoms with E-state index in [0.29, 0.717) is 32.7 Å². The molecule has 2 aliphatic heterocycles. The smallest absolute Gasteiger partial charge is 0.227 e. The number of nitrogens with zero attached hydrogens (tertiary/aromatic N) is 1. The average Bonchev–Trinajstić information content (AvgIpc) is 3.10. The molecule has 0 spiro atoms. The van der Waals surface area contributed by atoms with Gasteiger partial charge < -0.3 is 19.5 Å². The van der Waals surface area contributed by atoms with Crippen LogP contribution >= 0.6 is 0 Å². The van der Waals surface area contributed by atoms with Gasteiger partial charge in [-0.15, -0.1) is 0 Å². The van der Waals surface area contributed by atoms with E-state index < -0.39 is 0 Å². The number of amides is 1. The number of likely N-dealkylation sites (tertiary alicyclic amines) is 1. The van der Waals surface area contributed by atoms with Crippen molar-refractivity contribution in [2.45, 2.75) is 51.2 Å². The molecule has 1 amide bonds. The van der Waals surface area contributed by atoms with Gasteiger partial charge in [0.05, 0.1) is 25.7 Å². The lowest BCUT2D eigenvalue weighted by molar-refractivity contribution is -0.135. The van der Waals surface area contributed by atoms with Gasteiger partial charge in [-0.25, -0.2) is 0 Å². The van der Waals surface area contributed by atoms with E-state index in [-0.39, 0.29) is 24.0 Å². The summed E-state index contributed by atoms with van der Waals surface area (Å²) in [7, 11) is 0. The first-order valence-electron chi connectivity index (χ1n) is 9.46. The molecule has 2 saturated heterocycles. The quantitative estimate of drug-likeness (QED) is 0.858. The largest absolute Gasteiger partial charge is 0.494 e. The summed E-state index contributed by atoms with van der Waals surface area (Å²) < 4.78 is 11.2. The van der Waals surface area contributed by atoms with E-state index >= 15 is 0 Å². The van der Waals surface area contributed by atoms with E-state index in [1.54, 1.807) is 0 Å². The van der Waals surface area contributed by atoms with Crippen LogP contribution in [0.5, 0.6) is 5.75 Å². The molecule has 25 heavy (non-hydrogen) atoms. The average molecular weight is 347 g/mol. The van der Waals surface area contributed by atoms with Crippen molar-refractivity contribution in [3.8, 4) is 5.75 Å². The fourth-order valence-corrected chi connectivity index (χ4v) is 3.90.